The molecule has 0 amide bonds. The fourth-order valence-electron chi connectivity index (χ4n) is 3.95. The van der Waals surface area contributed by atoms with Crippen LogP contribution in [0.1, 0.15) is 37.4 Å². The van der Waals surface area contributed by atoms with Crippen molar-refractivity contribution in [3.05, 3.63) is 70.2 Å². The van der Waals surface area contributed by atoms with E-state index in [1.54, 1.807) is 6.07 Å². The van der Waals surface area contributed by atoms with Crippen LogP contribution in [0.15, 0.2) is 47.4 Å². The van der Waals surface area contributed by atoms with Crippen molar-refractivity contribution in [3.63, 3.8) is 0 Å². The summed E-state index contributed by atoms with van der Waals surface area (Å²) >= 11 is 0. The molecule has 3 heterocycles. The summed E-state index contributed by atoms with van der Waals surface area (Å²) in [6, 6.07) is 11.1. The Morgan fingerprint density at radius 2 is 1.94 bits per heavy atom. The molecule has 1 fully saturated rings. The number of benzene rings is 1. The van der Waals surface area contributed by atoms with Gasteiger partial charge in [0.15, 0.2) is 0 Å². The van der Waals surface area contributed by atoms with E-state index in [9.17, 15) is 14.3 Å². The van der Waals surface area contributed by atoms with Crippen LogP contribution < -0.4 is 11.0 Å². The number of ether oxygens (including phenoxy) is 1. The van der Waals surface area contributed by atoms with Gasteiger partial charge in [-0.25, -0.2) is 14.2 Å². The Labute approximate surface area is 186 Å². The molecule has 0 radical (unpaired) electrons. The van der Waals surface area contributed by atoms with Crippen molar-refractivity contribution in [2.24, 2.45) is 0 Å². The Bertz CT molecular complexity index is 1100. The van der Waals surface area contributed by atoms with Crippen LogP contribution in [0.25, 0.3) is 11.3 Å². The number of rotatable bonds is 8. The summed E-state index contributed by atoms with van der Waals surface area (Å²) < 4.78 is 22.5. The van der Waals surface area contributed by atoms with Crippen LogP contribution in [0.3, 0.4) is 0 Å². The molecule has 8 heteroatoms. The molecule has 0 atom stereocenters. The average molecular weight is 441 g/mol. The first-order valence-corrected chi connectivity index (χ1v) is 11.1. The number of aromatic nitrogens is 3. The maximum Gasteiger partial charge on any atom is 0.331 e. The number of aromatic hydroxyl groups is 1. The number of hydrogen-bond donors (Lipinski definition) is 2. The van der Waals surface area contributed by atoms with E-state index < -0.39 is 0 Å². The molecular formula is C24H29FN4O3. The van der Waals surface area contributed by atoms with Crippen molar-refractivity contribution in [1.29, 1.82) is 0 Å². The molecule has 1 aromatic carbocycles. The average Bonchev–Trinajstić information content (AvgIpc) is 3.07. The van der Waals surface area contributed by atoms with E-state index in [0.29, 0.717) is 37.1 Å². The van der Waals surface area contributed by atoms with Crippen LogP contribution in [0.4, 0.5) is 4.39 Å². The molecule has 0 spiro atoms. The van der Waals surface area contributed by atoms with E-state index in [1.165, 1.54) is 21.4 Å². The molecule has 3 aromatic rings. The molecule has 0 bridgehead atoms. The summed E-state index contributed by atoms with van der Waals surface area (Å²) in [5.41, 5.74) is 2.67. The van der Waals surface area contributed by atoms with Gasteiger partial charge in [0.05, 0.1) is 24.1 Å². The molecule has 1 aliphatic rings. The second-order valence-corrected chi connectivity index (χ2v) is 8.14. The lowest BCUT2D eigenvalue weighted by molar-refractivity contribution is 0.0774. The standard InChI is InChI=1S/C24H29FN4O3/c1-2-11-29-23(30)16-28(24(29)31)15-17-3-5-18(6-4-17)21-8-7-20(25)22(27-21)14-26-19-9-12-32-13-10-19/h3-8,16,19,26,30H,2,9-15H2,1H3. The first kappa shape index (κ1) is 22.2. The molecular weight excluding hydrogens is 411 g/mol. The monoisotopic (exact) mass is 440 g/mol. The van der Waals surface area contributed by atoms with E-state index in [2.05, 4.69) is 10.3 Å². The maximum atomic E-state index is 14.3. The van der Waals surface area contributed by atoms with Gasteiger partial charge in [-0.05, 0) is 37.0 Å². The predicted molar refractivity (Wildman–Crippen MR) is 120 cm³/mol. The van der Waals surface area contributed by atoms with Gasteiger partial charge in [-0.15, -0.1) is 0 Å². The minimum atomic E-state index is -0.319. The largest absolute Gasteiger partial charge is 0.493 e. The molecule has 2 aromatic heterocycles. The van der Waals surface area contributed by atoms with E-state index in [1.807, 2.05) is 31.2 Å². The lowest BCUT2D eigenvalue weighted by Crippen LogP contribution is -2.34. The third-order valence-corrected chi connectivity index (χ3v) is 5.77. The predicted octanol–water partition coefficient (Wildman–Crippen LogP) is 3.28. The second kappa shape index (κ2) is 10.1. The molecule has 4 rings (SSSR count). The van der Waals surface area contributed by atoms with Gasteiger partial charge in [-0.2, -0.15) is 0 Å². The third kappa shape index (κ3) is 5.08. The van der Waals surface area contributed by atoms with E-state index in [-0.39, 0.29) is 17.4 Å². The third-order valence-electron chi connectivity index (χ3n) is 5.77. The summed E-state index contributed by atoms with van der Waals surface area (Å²) in [5, 5.41) is 13.4. The van der Waals surface area contributed by atoms with Crippen molar-refractivity contribution in [3.8, 4) is 17.1 Å². The molecule has 0 unspecified atom stereocenters. The summed E-state index contributed by atoms with van der Waals surface area (Å²) in [7, 11) is 0. The van der Waals surface area contributed by atoms with E-state index in [4.69, 9.17) is 4.74 Å². The van der Waals surface area contributed by atoms with Gasteiger partial charge in [-0.1, -0.05) is 31.2 Å². The molecule has 32 heavy (non-hydrogen) atoms. The summed E-state index contributed by atoms with van der Waals surface area (Å²) in [5.74, 6) is -0.341. The zero-order valence-electron chi connectivity index (χ0n) is 18.3. The number of nitrogens with one attached hydrogen (secondary N) is 1. The van der Waals surface area contributed by atoms with E-state index >= 15 is 0 Å². The Balaban J connectivity index is 1.46. The van der Waals surface area contributed by atoms with Crippen molar-refractivity contribution < 1.29 is 14.2 Å². The highest BCUT2D eigenvalue weighted by Crippen LogP contribution is 2.20. The van der Waals surface area contributed by atoms with Crippen molar-refractivity contribution in [2.75, 3.05) is 13.2 Å². The van der Waals surface area contributed by atoms with Crippen LogP contribution in [0.2, 0.25) is 0 Å². The number of halogens is 1. The summed E-state index contributed by atoms with van der Waals surface area (Å²) in [4.78, 5) is 17.0. The fraction of sp³-hybridized carbons (Fsp3) is 0.417. The molecule has 1 aliphatic heterocycles. The molecule has 0 aliphatic carbocycles. The van der Waals surface area contributed by atoms with Crippen LogP contribution in [0, 0.1) is 5.82 Å². The first-order valence-electron chi connectivity index (χ1n) is 11.1. The number of imidazole rings is 1. The highest BCUT2D eigenvalue weighted by molar-refractivity contribution is 5.59. The number of pyridine rings is 1. The van der Waals surface area contributed by atoms with Gasteiger partial charge >= 0.3 is 5.69 Å². The zero-order valence-corrected chi connectivity index (χ0v) is 18.3. The summed E-state index contributed by atoms with van der Waals surface area (Å²) in [6.07, 6.45) is 4.07. The minimum Gasteiger partial charge on any atom is -0.493 e. The Hall–Kier alpha value is -2.97. The molecule has 2 N–H and O–H groups in total. The van der Waals surface area contributed by atoms with Gasteiger partial charge in [-0.3, -0.25) is 9.13 Å². The number of hydrogen-bond acceptors (Lipinski definition) is 5. The van der Waals surface area contributed by atoms with Crippen molar-refractivity contribution in [2.45, 2.75) is 51.9 Å². The highest BCUT2D eigenvalue weighted by atomic mass is 19.1. The highest BCUT2D eigenvalue weighted by Gasteiger charge is 2.15. The SMILES string of the molecule is CCCn1c(O)cn(Cc2ccc(-c3ccc(F)c(CNC4CCOCC4)n3)cc2)c1=O. The van der Waals surface area contributed by atoms with Gasteiger partial charge < -0.3 is 15.2 Å². The lowest BCUT2D eigenvalue weighted by atomic mass is 10.1. The normalized spacial score (nSPS) is 14.7. The molecule has 170 valence electrons. The van der Waals surface area contributed by atoms with E-state index in [0.717, 1.165) is 43.6 Å². The molecule has 1 saturated heterocycles. The van der Waals surface area contributed by atoms with Gasteiger partial charge in [0.1, 0.15) is 5.82 Å². The molecule has 7 nitrogen and oxygen atoms in total. The Kier molecular flexibility index (Phi) is 7.02. The summed E-state index contributed by atoms with van der Waals surface area (Å²) in [6.45, 7) is 4.64. The van der Waals surface area contributed by atoms with Gasteiger partial charge in [0.2, 0.25) is 5.88 Å². The molecule has 0 saturated carbocycles. The van der Waals surface area contributed by atoms with Crippen molar-refractivity contribution >= 4 is 0 Å². The zero-order chi connectivity index (χ0) is 22.5. The van der Waals surface area contributed by atoms with Crippen molar-refractivity contribution in [1.82, 2.24) is 19.4 Å². The quantitative estimate of drug-likeness (QED) is 0.562. The van der Waals surface area contributed by atoms with Gasteiger partial charge in [0, 0.05) is 37.9 Å². The number of nitrogens with zero attached hydrogens (tertiary/aromatic N) is 3. The second-order valence-electron chi connectivity index (χ2n) is 8.14. The van der Waals surface area contributed by atoms with Crippen LogP contribution in [0.5, 0.6) is 5.88 Å². The Morgan fingerprint density at radius 3 is 2.66 bits per heavy atom. The smallest absolute Gasteiger partial charge is 0.331 e. The van der Waals surface area contributed by atoms with Crippen LogP contribution >= 0.6 is 0 Å². The minimum absolute atomic E-state index is 0.0223. The maximum absolute atomic E-state index is 14.3. The fourth-order valence-corrected chi connectivity index (χ4v) is 3.95. The topological polar surface area (TPSA) is 81.3 Å². The van der Waals surface area contributed by atoms with Crippen LogP contribution in [-0.2, 0) is 24.4 Å². The lowest BCUT2D eigenvalue weighted by Gasteiger charge is -2.23. The van der Waals surface area contributed by atoms with Crippen LogP contribution in [-0.4, -0.2) is 38.5 Å². The Morgan fingerprint density at radius 1 is 1.19 bits per heavy atom. The first-order chi connectivity index (χ1) is 15.5. The van der Waals surface area contributed by atoms with Gasteiger partial charge in [0.25, 0.3) is 0 Å².